The maximum absolute atomic E-state index is 12.8. The Morgan fingerprint density at radius 1 is 1.05 bits per heavy atom. The Kier molecular flexibility index (Phi) is 3.96. The smallest absolute Gasteiger partial charge is 0.275 e. The van der Waals surface area contributed by atoms with E-state index in [-0.39, 0.29) is 5.56 Å². The zero-order valence-electron chi connectivity index (χ0n) is 13.0. The summed E-state index contributed by atoms with van der Waals surface area (Å²) in [7, 11) is 0. The quantitative estimate of drug-likeness (QED) is 0.772. The first-order chi connectivity index (χ1) is 10.7. The monoisotopic (exact) mass is 292 g/mol. The highest BCUT2D eigenvalue weighted by Crippen LogP contribution is 2.21. The number of hydrogen-bond acceptors (Lipinski definition) is 1. The second-order valence-electron chi connectivity index (χ2n) is 5.56. The third kappa shape index (κ3) is 2.62. The highest BCUT2D eigenvalue weighted by molar-refractivity contribution is 5.63. The van der Waals surface area contributed by atoms with Crippen LogP contribution in [0, 0.1) is 6.92 Å². The lowest BCUT2D eigenvalue weighted by molar-refractivity contribution is 0.841. The molecule has 1 heterocycles. The first-order valence-electron chi connectivity index (χ1n) is 7.67. The Balaban J connectivity index is 2.20. The van der Waals surface area contributed by atoms with E-state index in [9.17, 15) is 4.79 Å². The molecule has 3 rings (SSSR count). The third-order valence-electron chi connectivity index (χ3n) is 3.81. The van der Waals surface area contributed by atoms with Crippen molar-refractivity contribution in [2.24, 2.45) is 0 Å². The molecule has 0 unspecified atom stereocenters. The van der Waals surface area contributed by atoms with Gasteiger partial charge in [-0.15, -0.1) is 0 Å². The van der Waals surface area contributed by atoms with E-state index in [4.69, 9.17) is 0 Å². The van der Waals surface area contributed by atoms with Gasteiger partial charge in [-0.3, -0.25) is 9.89 Å². The van der Waals surface area contributed by atoms with Crippen LogP contribution < -0.4 is 5.56 Å². The first kappa shape index (κ1) is 14.4. The minimum atomic E-state index is 0.0475. The first-order valence-corrected chi connectivity index (χ1v) is 7.67. The summed E-state index contributed by atoms with van der Waals surface area (Å²) >= 11 is 0. The molecule has 112 valence electrons. The van der Waals surface area contributed by atoms with Crippen molar-refractivity contribution in [1.29, 1.82) is 0 Å². The van der Waals surface area contributed by atoms with Crippen molar-refractivity contribution < 1.29 is 0 Å². The molecule has 0 aliphatic rings. The van der Waals surface area contributed by atoms with Crippen molar-refractivity contribution in [2.75, 3.05) is 0 Å². The van der Waals surface area contributed by atoms with Gasteiger partial charge in [0.1, 0.15) is 0 Å². The highest BCUT2D eigenvalue weighted by atomic mass is 16.1. The molecule has 0 aliphatic carbocycles. The Bertz CT molecular complexity index is 828. The van der Waals surface area contributed by atoms with Crippen LogP contribution in [0.4, 0.5) is 0 Å². The van der Waals surface area contributed by atoms with Gasteiger partial charge in [-0.25, -0.2) is 4.68 Å². The van der Waals surface area contributed by atoms with Gasteiger partial charge in [0.2, 0.25) is 0 Å². The van der Waals surface area contributed by atoms with E-state index in [1.165, 1.54) is 0 Å². The second kappa shape index (κ2) is 6.06. The van der Waals surface area contributed by atoms with E-state index in [0.717, 1.165) is 40.9 Å². The minimum absolute atomic E-state index is 0.0475. The van der Waals surface area contributed by atoms with Crippen molar-refractivity contribution in [3.8, 4) is 16.9 Å². The molecule has 0 bridgehead atoms. The summed E-state index contributed by atoms with van der Waals surface area (Å²) in [5.74, 6) is 0. The summed E-state index contributed by atoms with van der Waals surface area (Å²) in [6, 6.07) is 18.0. The van der Waals surface area contributed by atoms with E-state index >= 15 is 0 Å². The molecule has 3 nitrogen and oxygen atoms in total. The Morgan fingerprint density at radius 3 is 2.50 bits per heavy atom. The van der Waals surface area contributed by atoms with E-state index in [1.54, 1.807) is 4.68 Å². The van der Waals surface area contributed by atoms with Gasteiger partial charge >= 0.3 is 0 Å². The van der Waals surface area contributed by atoms with Crippen LogP contribution >= 0.6 is 0 Å². The lowest BCUT2D eigenvalue weighted by atomic mass is 10.1. The number of H-pyrrole nitrogens is 1. The molecule has 0 fully saturated rings. The molecule has 2 aromatic carbocycles. The summed E-state index contributed by atoms with van der Waals surface area (Å²) < 4.78 is 1.65. The van der Waals surface area contributed by atoms with E-state index < -0.39 is 0 Å². The van der Waals surface area contributed by atoms with Crippen LogP contribution in [-0.4, -0.2) is 9.78 Å². The molecule has 1 aromatic heterocycles. The normalized spacial score (nSPS) is 10.8. The minimum Gasteiger partial charge on any atom is -0.290 e. The van der Waals surface area contributed by atoms with Gasteiger partial charge in [0, 0.05) is 5.56 Å². The molecule has 0 amide bonds. The molecule has 0 atom stereocenters. The van der Waals surface area contributed by atoms with Gasteiger partial charge in [-0.2, -0.15) is 0 Å². The van der Waals surface area contributed by atoms with Crippen LogP contribution in [0.25, 0.3) is 16.9 Å². The van der Waals surface area contributed by atoms with E-state index in [0.29, 0.717) is 0 Å². The lowest BCUT2D eigenvalue weighted by Crippen LogP contribution is -2.17. The zero-order chi connectivity index (χ0) is 15.5. The van der Waals surface area contributed by atoms with Gasteiger partial charge in [-0.05, 0) is 36.6 Å². The molecular formula is C19H20N2O. The second-order valence-corrected chi connectivity index (χ2v) is 5.56. The summed E-state index contributed by atoms with van der Waals surface area (Å²) in [6.45, 7) is 4.13. The molecule has 3 heteroatoms. The van der Waals surface area contributed by atoms with Gasteiger partial charge < -0.3 is 0 Å². The highest BCUT2D eigenvalue weighted by Gasteiger charge is 2.15. The van der Waals surface area contributed by atoms with Crippen LogP contribution in [0.3, 0.4) is 0 Å². The van der Waals surface area contributed by atoms with Crippen molar-refractivity contribution in [1.82, 2.24) is 9.78 Å². The lowest BCUT2D eigenvalue weighted by Gasteiger charge is -2.03. The molecule has 0 spiro atoms. The van der Waals surface area contributed by atoms with Crippen LogP contribution in [-0.2, 0) is 6.42 Å². The van der Waals surface area contributed by atoms with Crippen LogP contribution in [0.2, 0.25) is 0 Å². The molecular weight excluding hydrogens is 272 g/mol. The molecule has 0 radical (unpaired) electrons. The van der Waals surface area contributed by atoms with Crippen molar-refractivity contribution in [3.05, 3.63) is 76.1 Å². The number of rotatable bonds is 4. The predicted octanol–water partition coefficient (Wildman–Crippen LogP) is 4.09. The van der Waals surface area contributed by atoms with Gasteiger partial charge in [-0.1, -0.05) is 55.8 Å². The average molecular weight is 292 g/mol. The van der Waals surface area contributed by atoms with Crippen molar-refractivity contribution in [3.63, 3.8) is 0 Å². The molecule has 22 heavy (non-hydrogen) atoms. The number of aryl methyl sites for hydroxylation is 1. The van der Waals surface area contributed by atoms with E-state index in [2.05, 4.69) is 12.0 Å². The maximum atomic E-state index is 12.8. The van der Waals surface area contributed by atoms with Crippen LogP contribution in [0.5, 0.6) is 0 Å². The average Bonchev–Trinajstić information content (AvgIpc) is 2.86. The summed E-state index contributed by atoms with van der Waals surface area (Å²) in [5, 5.41) is 3.30. The predicted molar refractivity (Wildman–Crippen MR) is 90.6 cm³/mol. The van der Waals surface area contributed by atoms with Gasteiger partial charge in [0.15, 0.2) is 0 Å². The fourth-order valence-electron chi connectivity index (χ4n) is 2.75. The number of aromatic nitrogens is 2. The number of aromatic amines is 1. The molecule has 0 saturated carbocycles. The number of nitrogens with zero attached hydrogens (tertiary/aromatic N) is 1. The topological polar surface area (TPSA) is 37.8 Å². The number of nitrogens with one attached hydrogen (secondary N) is 1. The van der Waals surface area contributed by atoms with Gasteiger partial charge in [0.25, 0.3) is 5.56 Å². The summed E-state index contributed by atoms with van der Waals surface area (Å²) in [5.41, 5.74) is 4.90. The molecule has 3 aromatic rings. The third-order valence-corrected chi connectivity index (χ3v) is 3.81. The van der Waals surface area contributed by atoms with E-state index in [1.807, 2.05) is 61.5 Å². The Labute approximate surface area is 130 Å². The molecule has 0 saturated heterocycles. The van der Waals surface area contributed by atoms with Gasteiger partial charge in [0.05, 0.1) is 11.4 Å². The Morgan fingerprint density at radius 2 is 1.82 bits per heavy atom. The summed E-state index contributed by atoms with van der Waals surface area (Å²) in [4.78, 5) is 12.8. The Hall–Kier alpha value is -2.55. The fourth-order valence-corrected chi connectivity index (χ4v) is 2.75. The zero-order valence-corrected chi connectivity index (χ0v) is 13.0. The number of benzene rings is 2. The van der Waals surface area contributed by atoms with Crippen LogP contribution in [0.15, 0.2) is 59.4 Å². The van der Waals surface area contributed by atoms with Crippen molar-refractivity contribution >= 4 is 0 Å². The summed E-state index contributed by atoms with van der Waals surface area (Å²) in [6.07, 6.45) is 1.72. The SMILES string of the molecule is CCCc1c(-c2ccccc2)[nH]n(-c2cccc(C)c2)c1=O. The fraction of sp³-hybridized carbons (Fsp3) is 0.211. The molecule has 1 N–H and O–H groups in total. The number of hydrogen-bond donors (Lipinski definition) is 1. The van der Waals surface area contributed by atoms with Crippen LogP contribution in [0.1, 0.15) is 24.5 Å². The van der Waals surface area contributed by atoms with Crippen molar-refractivity contribution in [2.45, 2.75) is 26.7 Å². The largest absolute Gasteiger partial charge is 0.290 e. The standard InChI is InChI=1S/C19H20N2O/c1-3-8-17-18(15-10-5-4-6-11-15)20-21(19(17)22)16-12-7-9-14(2)13-16/h4-7,9-13,20H,3,8H2,1-2H3. The maximum Gasteiger partial charge on any atom is 0.275 e. The molecule has 0 aliphatic heterocycles.